The number of phenols is 1. The van der Waals surface area contributed by atoms with Gasteiger partial charge in [-0.3, -0.25) is 0 Å². The summed E-state index contributed by atoms with van der Waals surface area (Å²) in [5.74, 6) is 1.98. The molecule has 0 radical (unpaired) electrons. The zero-order valence-corrected chi connectivity index (χ0v) is 17.1. The van der Waals surface area contributed by atoms with Crippen LogP contribution in [0.4, 0.5) is 11.8 Å². The summed E-state index contributed by atoms with van der Waals surface area (Å²) in [5.41, 5.74) is 2.08. The van der Waals surface area contributed by atoms with E-state index in [0.717, 1.165) is 54.5 Å². The Morgan fingerprint density at radius 2 is 1.72 bits per heavy atom. The molecule has 0 saturated heterocycles. The Balaban J connectivity index is 1.35. The molecule has 1 saturated carbocycles. The molecule has 4 rings (SSSR count). The Morgan fingerprint density at radius 1 is 0.966 bits per heavy atom. The lowest BCUT2D eigenvalue weighted by Gasteiger charge is -2.30. The molecule has 0 bridgehead atoms. The van der Waals surface area contributed by atoms with Crippen molar-refractivity contribution in [2.45, 2.75) is 44.3 Å². The van der Waals surface area contributed by atoms with Crippen LogP contribution in [-0.2, 0) is 6.54 Å². The van der Waals surface area contributed by atoms with Gasteiger partial charge in [0.25, 0.3) is 0 Å². The van der Waals surface area contributed by atoms with Gasteiger partial charge >= 0.3 is 0 Å². The fourth-order valence-corrected chi connectivity index (χ4v) is 4.02. The molecule has 6 nitrogen and oxygen atoms in total. The minimum absolute atomic E-state index is 0.324. The second-order valence-electron chi connectivity index (χ2n) is 8.03. The highest BCUT2D eigenvalue weighted by atomic mass is 16.3. The van der Waals surface area contributed by atoms with E-state index in [1.165, 1.54) is 0 Å². The summed E-state index contributed by atoms with van der Waals surface area (Å²) >= 11 is 0. The number of hydrogen-bond donors (Lipinski definition) is 3. The number of aromatic nitrogens is 2. The third-order valence-corrected chi connectivity index (χ3v) is 5.57. The predicted molar refractivity (Wildman–Crippen MR) is 118 cm³/mol. The third kappa shape index (κ3) is 4.77. The van der Waals surface area contributed by atoms with Crippen molar-refractivity contribution in [3.05, 3.63) is 54.1 Å². The van der Waals surface area contributed by atoms with Crippen LogP contribution < -0.4 is 15.5 Å². The SMILES string of the molecule is CN(C)c1nc(N[C@H]2CC[C@@H](NCc3cccc(O)c3)CC2)nc2ccccc12. The average Bonchev–Trinajstić information content (AvgIpc) is 2.72. The maximum Gasteiger partial charge on any atom is 0.225 e. The Bertz CT molecular complexity index is 966. The summed E-state index contributed by atoms with van der Waals surface area (Å²) in [6.07, 6.45) is 4.41. The second kappa shape index (κ2) is 8.66. The first-order valence-corrected chi connectivity index (χ1v) is 10.3. The molecule has 2 aromatic carbocycles. The molecule has 3 N–H and O–H groups in total. The lowest BCUT2D eigenvalue weighted by atomic mass is 9.91. The number of rotatable bonds is 6. The Morgan fingerprint density at radius 3 is 2.48 bits per heavy atom. The lowest BCUT2D eigenvalue weighted by Crippen LogP contribution is -2.37. The number of fused-ring (bicyclic) bond motifs is 1. The van der Waals surface area contributed by atoms with Gasteiger partial charge in [-0.2, -0.15) is 4.98 Å². The van der Waals surface area contributed by atoms with Crippen LogP contribution >= 0.6 is 0 Å². The van der Waals surface area contributed by atoms with E-state index in [2.05, 4.69) is 16.7 Å². The fraction of sp³-hybridized carbons (Fsp3) is 0.391. The molecular formula is C23H29N5O. The van der Waals surface area contributed by atoms with Gasteiger partial charge in [-0.1, -0.05) is 24.3 Å². The van der Waals surface area contributed by atoms with E-state index in [4.69, 9.17) is 9.97 Å². The van der Waals surface area contributed by atoms with Crippen molar-refractivity contribution in [2.75, 3.05) is 24.3 Å². The normalized spacial score (nSPS) is 19.2. The van der Waals surface area contributed by atoms with Gasteiger partial charge in [-0.15, -0.1) is 0 Å². The first-order chi connectivity index (χ1) is 14.1. The summed E-state index contributed by atoms with van der Waals surface area (Å²) in [6.45, 7) is 0.789. The number of anilines is 2. The van der Waals surface area contributed by atoms with E-state index < -0.39 is 0 Å². The lowest BCUT2D eigenvalue weighted by molar-refractivity contribution is 0.352. The molecular weight excluding hydrogens is 362 g/mol. The molecule has 0 unspecified atom stereocenters. The van der Waals surface area contributed by atoms with Gasteiger partial charge in [0.05, 0.1) is 5.52 Å². The Hall–Kier alpha value is -2.86. The minimum Gasteiger partial charge on any atom is -0.508 e. The van der Waals surface area contributed by atoms with Crippen LogP contribution in [0.2, 0.25) is 0 Å². The van der Waals surface area contributed by atoms with Gasteiger partial charge < -0.3 is 20.6 Å². The zero-order chi connectivity index (χ0) is 20.2. The Labute approximate surface area is 172 Å². The van der Waals surface area contributed by atoms with Crippen LogP contribution in [0.5, 0.6) is 5.75 Å². The molecule has 1 aliphatic rings. The van der Waals surface area contributed by atoms with Crippen molar-refractivity contribution in [1.82, 2.24) is 15.3 Å². The topological polar surface area (TPSA) is 73.3 Å². The minimum atomic E-state index is 0.324. The van der Waals surface area contributed by atoms with Gasteiger partial charge in [0.15, 0.2) is 0 Å². The van der Waals surface area contributed by atoms with Gasteiger partial charge in [-0.05, 0) is 55.5 Å². The summed E-state index contributed by atoms with van der Waals surface area (Å²) in [4.78, 5) is 11.5. The molecule has 0 spiro atoms. The van der Waals surface area contributed by atoms with Gasteiger partial charge in [0.1, 0.15) is 11.6 Å². The average molecular weight is 392 g/mol. The van der Waals surface area contributed by atoms with Crippen LogP contribution in [0, 0.1) is 0 Å². The highest BCUT2D eigenvalue weighted by molar-refractivity contribution is 5.90. The van der Waals surface area contributed by atoms with Gasteiger partial charge in [-0.25, -0.2) is 4.98 Å². The van der Waals surface area contributed by atoms with Crippen molar-refractivity contribution in [2.24, 2.45) is 0 Å². The molecule has 0 atom stereocenters. The number of nitrogens with zero attached hydrogens (tertiary/aromatic N) is 3. The molecule has 6 heteroatoms. The number of nitrogens with one attached hydrogen (secondary N) is 2. The predicted octanol–water partition coefficient (Wildman–Crippen LogP) is 3.91. The molecule has 1 fully saturated rings. The van der Waals surface area contributed by atoms with Crippen LogP contribution in [0.15, 0.2) is 48.5 Å². The number of phenolic OH excluding ortho intramolecular Hbond substituents is 1. The first-order valence-electron chi connectivity index (χ1n) is 10.3. The standard InChI is InChI=1S/C23H29N5O/c1-28(2)22-20-8-3-4-9-21(20)26-23(27-22)25-18-12-10-17(11-13-18)24-15-16-6-5-7-19(29)14-16/h3-9,14,17-18,24,29H,10-13,15H2,1-2H3,(H,25,26,27)/t17-,18+. The zero-order valence-electron chi connectivity index (χ0n) is 17.1. The van der Waals surface area contributed by atoms with E-state index in [1.807, 2.05) is 55.4 Å². The van der Waals surface area contributed by atoms with Crippen molar-refractivity contribution in [3.8, 4) is 5.75 Å². The third-order valence-electron chi connectivity index (χ3n) is 5.57. The maximum absolute atomic E-state index is 9.59. The summed E-state index contributed by atoms with van der Waals surface area (Å²) in [6, 6.07) is 16.5. The molecule has 0 aliphatic heterocycles. The second-order valence-corrected chi connectivity index (χ2v) is 8.03. The van der Waals surface area contributed by atoms with Crippen molar-refractivity contribution >= 4 is 22.7 Å². The smallest absolute Gasteiger partial charge is 0.225 e. The molecule has 1 heterocycles. The van der Waals surface area contributed by atoms with E-state index in [1.54, 1.807) is 6.07 Å². The van der Waals surface area contributed by atoms with Gasteiger partial charge in [0.2, 0.25) is 5.95 Å². The number of para-hydroxylation sites is 1. The van der Waals surface area contributed by atoms with E-state index >= 15 is 0 Å². The summed E-state index contributed by atoms with van der Waals surface area (Å²) in [5, 5.41) is 17.8. The molecule has 152 valence electrons. The summed E-state index contributed by atoms with van der Waals surface area (Å²) < 4.78 is 0. The summed E-state index contributed by atoms with van der Waals surface area (Å²) in [7, 11) is 4.03. The van der Waals surface area contributed by atoms with Crippen LogP contribution in [0.3, 0.4) is 0 Å². The number of benzene rings is 2. The monoisotopic (exact) mass is 391 g/mol. The largest absolute Gasteiger partial charge is 0.508 e. The molecule has 29 heavy (non-hydrogen) atoms. The van der Waals surface area contributed by atoms with E-state index in [0.29, 0.717) is 23.8 Å². The highest BCUT2D eigenvalue weighted by Gasteiger charge is 2.22. The molecule has 1 aliphatic carbocycles. The first kappa shape index (κ1) is 19.5. The molecule has 3 aromatic rings. The van der Waals surface area contributed by atoms with Crippen molar-refractivity contribution in [3.63, 3.8) is 0 Å². The van der Waals surface area contributed by atoms with E-state index in [9.17, 15) is 5.11 Å². The van der Waals surface area contributed by atoms with Gasteiger partial charge in [0, 0.05) is 38.1 Å². The fourth-order valence-electron chi connectivity index (χ4n) is 4.02. The molecule has 0 amide bonds. The van der Waals surface area contributed by atoms with E-state index in [-0.39, 0.29) is 0 Å². The Kier molecular flexibility index (Phi) is 5.81. The van der Waals surface area contributed by atoms with Crippen LogP contribution in [0.1, 0.15) is 31.2 Å². The number of aromatic hydroxyl groups is 1. The number of hydrogen-bond acceptors (Lipinski definition) is 6. The van der Waals surface area contributed by atoms with Crippen molar-refractivity contribution < 1.29 is 5.11 Å². The quantitative estimate of drug-likeness (QED) is 0.592. The van der Waals surface area contributed by atoms with Crippen molar-refractivity contribution in [1.29, 1.82) is 0 Å². The highest BCUT2D eigenvalue weighted by Crippen LogP contribution is 2.26. The van der Waals surface area contributed by atoms with Crippen LogP contribution in [0.25, 0.3) is 10.9 Å². The molecule has 1 aromatic heterocycles. The van der Waals surface area contributed by atoms with Crippen LogP contribution in [-0.4, -0.2) is 41.3 Å². The maximum atomic E-state index is 9.59.